The van der Waals surface area contributed by atoms with Gasteiger partial charge in [-0.3, -0.25) is 4.98 Å². The molecule has 4 nitrogen and oxygen atoms in total. The lowest BCUT2D eigenvalue weighted by Crippen LogP contribution is -2.08. The van der Waals surface area contributed by atoms with Crippen LogP contribution in [0.2, 0.25) is 0 Å². The lowest BCUT2D eigenvalue weighted by molar-refractivity contribution is 0.812. The second kappa shape index (κ2) is 6.27. The van der Waals surface area contributed by atoms with E-state index in [4.69, 9.17) is 0 Å². The summed E-state index contributed by atoms with van der Waals surface area (Å²) in [6.07, 6.45) is 6.44. The molecule has 2 aromatic heterocycles. The second-order valence-electron chi connectivity index (χ2n) is 4.60. The summed E-state index contributed by atoms with van der Waals surface area (Å²) < 4.78 is 0. The van der Waals surface area contributed by atoms with Crippen LogP contribution in [0.4, 0.5) is 5.82 Å². The number of pyridine rings is 1. The zero-order valence-electron chi connectivity index (χ0n) is 11.8. The highest BCUT2D eigenvalue weighted by atomic mass is 15.0. The molecule has 1 N–H and O–H groups in total. The summed E-state index contributed by atoms with van der Waals surface area (Å²) in [6, 6.07) is 4.03. The van der Waals surface area contributed by atoms with Gasteiger partial charge in [-0.15, -0.1) is 0 Å². The number of nitrogens with one attached hydrogen (secondary N) is 1. The molecule has 0 bridgehead atoms. The van der Waals surface area contributed by atoms with Crippen LogP contribution in [-0.2, 0) is 12.8 Å². The molecule has 0 aliphatic carbocycles. The van der Waals surface area contributed by atoms with E-state index in [-0.39, 0.29) is 0 Å². The first-order valence-electron chi connectivity index (χ1n) is 6.67. The fourth-order valence-corrected chi connectivity index (χ4v) is 2.06. The van der Waals surface area contributed by atoms with Gasteiger partial charge in [0.2, 0.25) is 0 Å². The Morgan fingerprint density at radius 1 is 1.26 bits per heavy atom. The lowest BCUT2D eigenvalue weighted by atomic mass is 10.1. The Labute approximate surface area is 114 Å². The number of nitrogens with zero attached hydrogens (tertiary/aromatic N) is 3. The Morgan fingerprint density at radius 3 is 2.74 bits per heavy atom. The van der Waals surface area contributed by atoms with Crippen molar-refractivity contribution >= 4 is 5.82 Å². The molecule has 2 aromatic rings. The Kier molecular flexibility index (Phi) is 4.44. The van der Waals surface area contributed by atoms with Crippen molar-refractivity contribution in [1.29, 1.82) is 0 Å². The smallest absolute Gasteiger partial charge is 0.132 e. The number of aryl methyl sites for hydroxylation is 1. The molecule has 19 heavy (non-hydrogen) atoms. The zero-order chi connectivity index (χ0) is 13.7. The predicted octanol–water partition coefficient (Wildman–Crippen LogP) is 2.77. The molecule has 0 radical (unpaired) electrons. The number of aromatic nitrogens is 3. The third kappa shape index (κ3) is 3.28. The summed E-state index contributed by atoms with van der Waals surface area (Å²) >= 11 is 0. The molecular formula is C15H20N4. The summed E-state index contributed by atoms with van der Waals surface area (Å²) in [5.41, 5.74) is 3.37. The van der Waals surface area contributed by atoms with Gasteiger partial charge in [0.15, 0.2) is 0 Å². The van der Waals surface area contributed by atoms with Crippen molar-refractivity contribution in [1.82, 2.24) is 15.0 Å². The average molecular weight is 256 g/mol. The van der Waals surface area contributed by atoms with Crippen molar-refractivity contribution in [3.8, 4) is 0 Å². The molecule has 0 unspecified atom stereocenters. The van der Waals surface area contributed by atoms with E-state index in [2.05, 4.69) is 40.2 Å². The van der Waals surface area contributed by atoms with E-state index in [1.54, 1.807) is 6.20 Å². The largest absolute Gasteiger partial charge is 0.373 e. The normalized spacial score (nSPS) is 10.5. The minimum absolute atomic E-state index is 0.799. The summed E-state index contributed by atoms with van der Waals surface area (Å²) in [5.74, 6) is 1.84. The first kappa shape index (κ1) is 13.5. The van der Waals surface area contributed by atoms with Crippen molar-refractivity contribution in [2.45, 2.75) is 33.1 Å². The van der Waals surface area contributed by atoms with Crippen LogP contribution in [0.25, 0.3) is 0 Å². The molecule has 0 atom stereocenters. The maximum Gasteiger partial charge on any atom is 0.132 e. The number of hydrogen-bond acceptors (Lipinski definition) is 4. The van der Waals surface area contributed by atoms with E-state index in [9.17, 15) is 0 Å². The van der Waals surface area contributed by atoms with Gasteiger partial charge in [-0.1, -0.05) is 13.0 Å². The molecule has 0 saturated heterocycles. The summed E-state index contributed by atoms with van der Waals surface area (Å²) in [5, 5.41) is 3.15. The lowest BCUT2D eigenvalue weighted by Gasteiger charge is -2.12. The van der Waals surface area contributed by atoms with Gasteiger partial charge in [0.05, 0.1) is 5.69 Å². The Bertz CT molecular complexity index is 537. The van der Waals surface area contributed by atoms with Gasteiger partial charge in [-0.25, -0.2) is 9.97 Å². The van der Waals surface area contributed by atoms with Crippen LogP contribution in [0.5, 0.6) is 0 Å². The van der Waals surface area contributed by atoms with Gasteiger partial charge in [0.1, 0.15) is 11.6 Å². The molecule has 0 aliphatic rings. The first-order chi connectivity index (χ1) is 9.24. The van der Waals surface area contributed by atoms with E-state index >= 15 is 0 Å². The number of hydrogen-bond donors (Lipinski definition) is 1. The monoisotopic (exact) mass is 256 g/mol. The van der Waals surface area contributed by atoms with Gasteiger partial charge in [0.25, 0.3) is 0 Å². The van der Waals surface area contributed by atoms with Crippen LogP contribution in [0, 0.1) is 6.92 Å². The SMILES string of the molecule is CCCc1nc(Cc2cccnc2)c(C)c(NC)n1. The molecule has 0 aromatic carbocycles. The van der Waals surface area contributed by atoms with E-state index in [0.29, 0.717) is 0 Å². The summed E-state index contributed by atoms with van der Waals surface area (Å²) in [6.45, 7) is 4.20. The highest BCUT2D eigenvalue weighted by molar-refractivity contribution is 5.46. The summed E-state index contributed by atoms with van der Waals surface area (Å²) in [4.78, 5) is 13.4. The van der Waals surface area contributed by atoms with Gasteiger partial charge >= 0.3 is 0 Å². The Hall–Kier alpha value is -1.97. The van der Waals surface area contributed by atoms with Gasteiger partial charge in [0, 0.05) is 37.8 Å². The molecule has 2 rings (SSSR count). The maximum absolute atomic E-state index is 4.69. The third-order valence-electron chi connectivity index (χ3n) is 3.10. The van der Waals surface area contributed by atoms with E-state index in [1.807, 2.05) is 19.3 Å². The Balaban J connectivity index is 2.35. The van der Waals surface area contributed by atoms with Crippen LogP contribution >= 0.6 is 0 Å². The molecule has 0 amide bonds. The minimum atomic E-state index is 0.799. The topological polar surface area (TPSA) is 50.7 Å². The second-order valence-corrected chi connectivity index (χ2v) is 4.60. The standard InChI is InChI=1S/C15H20N4/c1-4-6-14-18-13(11(2)15(16-3)19-14)9-12-7-5-8-17-10-12/h5,7-8,10H,4,6,9H2,1-3H3,(H,16,18,19). The number of rotatable bonds is 5. The van der Waals surface area contributed by atoms with Crippen molar-refractivity contribution in [3.63, 3.8) is 0 Å². The first-order valence-corrected chi connectivity index (χ1v) is 6.67. The highest BCUT2D eigenvalue weighted by Crippen LogP contribution is 2.18. The van der Waals surface area contributed by atoms with Crippen LogP contribution in [-0.4, -0.2) is 22.0 Å². The average Bonchev–Trinajstić information content (AvgIpc) is 2.43. The zero-order valence-corrected chi connectivity index (χ0v) is 11.8. The molecule has 0 spiro atoms. The summed E-state index contributed by atoms with van der Waals surface area (Å²) in [7, 11) is 1.90. The van der Waals surface area contributed by atoms with Gasteiger partial charge < -0.3 is 5.32 Å². The van der Waals surface area contributed by atoms with Crippen LogP contribution in [0.3, 0.4) is 0 Å². The van der Waals surface area contributed by atoms with Crippen LogP contribution in [0.1, 0.15) is 36.0 Å². The molecule has 4 heteroatoms. The van der Waals surface area contributed by atoms with Crippen LogP contribution < -0.4 is 5.32 Å². The van der Waals surface area contributed by atoms with E-state index in [0.717, 1.165) is 42.2 Å². The number of anilines is 1. The Morgan fingerprint density at radius 2 is 2.11 bits per heavy atom. The van der Waals surface area contributed by atoms with Gasteiger partial charge in [-0.2, -0.15) is 0 Å². The minimum Gasteiger partial charge on any atom is -0.373 e. The fraction of sp³-hybridized carbons (Fsp3) is 0.400. The van der Waals surface area contributed by atoms with Crippen LogP contribution in [0.15, 0.2) is 24.5 Å². The molecular weight excluding hydrogens is 236 g/mol. The molecule has 0 saturated carbocycles. The van der Waals surface area contributed by atoms with E-state index < -0.39 is 0 Å². The molecule has 2 heterocycles. The van der Waals surface area contributed by atoms with Crippen molar-refractivity contribution in [2.24, 2.45) is 0 Å². The highest BCUT2D eigenvalue weighted by Gasteiger charge is 2.10. The predicted molar refractivity (Wildman–Crippen MR) is 77.4 cm³/mol. The van der Waals surface area contributed by atoms with Crippen molar-refractivity contribution in [3.05, 3.63) is 47.2 Å². The third-order valence-corrected chi connectivity index (χ3v) is 3.10. The maximum atomic E-state index is 4.69. The van der Waals surface area contributed by atoms with Crippen molar-refractivity contribution in [2.75, 3.05) is 12.4 Å². The van der Waals surface area contributed by atoms with Gasteiger partial charge in [-0.05, 0) is 25.0 Å². The molecule has 0 aliphatic heterocycles. The quantitative estimate of drug-likeness (QED) is 0.893. The fourth-order valence-electron chi connectivity index (χ4n) is 2.06. The van der Waals surface area contributed by atoms with E-state index in [1.165, 1.54) is 5.56 Å². The molecule has 0 fully saturated rings. The molecule has 100 valence electrons. The van der Waals surface area contributed by atoms with Crippen molar-refractivity contribution < 1.29 is 0 Å².